The second kappa shape index (κ2) is 7.96. The molecule has 20 heavy (non-hydrogen) atoms. The number of aryl methyl sites for hydroxylation is 2. The quantitative estimate of drug-likeness (QED) is 0.439. The van der Waals surface area contributed by atoms with Gasteiger partial charge in [0.05, 0.1) is 6.61 Å². The van der Waals surface area contributed by atoms with E-state index in [1.807, 2.05) is 19.9 Å². The Morgan fingerprint density at radius 1 is 1.30 bits per heavy atom. The second-order valence-corrected chi connectivity index (χ2v) is 6.97. The Morgan fingerprint density at radius 3 is 2.40 bits per heavy atom. The lowest BCUT2D eigenvalue weighted by molar-refractivity contribution is 0.156. The lowest BCUT2D eigenvalue weighted by atomic mass is 9.96. The van der Waals surface area contributed by atoms with Gasteiger partial charge in [-0.15, -0.1) is 0 Å². The summed E-state index contributed by atoms with van der Waals surface area (Å²) < 4.78 is 0. The van der Waals surface area contributed by atoms with E-state index in [0.717, 1.165) is 35.1 Å². The normalized spacial score (nSPS) is 14.6. The molecule has 5 heteroatoms. The number of nitrogens with zero attached hydrogens (tertiary/aromatic N) is 2. The van der Waals surface area contributed by atoms with E-state index in [4.69, 9.17) is 0 Å². The van der Waals surface area contributed by atoms with E-state index in [9.17, 15) is 5.11 Å². The summed E-state index contributed by atoms with van der Waals surface area (Å²) in [5.74, 6) is 0.970. The molecule has 0 aromatic carbocycles. The van der Waals surface area contributed by atoms with Crippen molar-refractivity contribution < 1.29 is 5.11 Å². The van der Waals surface area contributed by atoms with E-state index in [1.165, 1.54) is 0 Å². The maximum absolute atomic E-state index is 9.53. The van der Waals surface area contributed by atoms with Crippen molar-refractivity contribution in [2.45, 2.75) is 64.2 Å². The van der Waals surface area contributed by atoms with Crippen molar-refractivity contribution in [2.24, 2.45) is 0 Å². The van der Waals surface area contributed by atoms with E-state index < -0.39 is 0 Å². The lowest BCUT2D eigenvalue weighted by Gasteiger charge is -2.31. The van der Waals surface area contributed by atoms with Crippen LogP contribution in [0, 0.1) is 13.8 Å². The van der Waals surface area contributed by atoms with Crippen molar-refractivity contribution in [1.82, 2.24) is 15.3 Å². The highest BCUT2D eigenvalue weighted by Gasteiger charge is 2.23. The topological polar surface area (TPSA) is 58.0 Å². The van der Waals surface area contributed by atoms with Crippen LogP contribution in [0.5, 0.6) is 0 Å². The van der Waals surface area contributed by atoms with Crippen molar-refractivity contribution in [1.29, 1.82) is 0 Å². The van der Waals surface area contributed by atoms with Crippen LogP contribution in [0.15, 0.2) is 11.2 Å². The maximum atomic E-state index is 9.53. The second-order valence-electron chi connectivity index (χ2n) is 5.90. The van der Waals surface area contributed by atoms with Crippen LogP contribution in [0.3, 0.4) is 0 Å². The molecule has 4 nitrogen and oxygen atoms in total. The van der Waals surface area contributed by atoms with E-state index in [2.05, 4.69) is 36.1 Å². The molecule has 1 heterocycles. The van der Waals surface area contributed by atoms with Gasteiger partial charge in [-0.2, -0.15) is 0 Å². The zero-order chi connectivity index (χ0) is 15.2. The molecule has 1 aromatic heterocycles. The van der Waals surface area contributed by atoms with Crippen LogP contribution in [0.4, 0.5) is 0 Å². The van der Waals surface area contributed by atoms with Crippen molar-refractivity contribution in [2.75, 3.05) is 12.4 Å². The number of aromatic nitrogens is 2. The first-order chi connectivity index (χ1) is 9.34. The predicted octanol–water partition coefficient (Wildman–Crippen LogP) is 2.71. The summed E-state index contributed by atoms with van der Waals surface area (Å²) in [6, 6.07) is 2.36. The molecule has 0 aliphatic carbocycles. The van der Waals surface area contributed by atoms with Crippen LogP contribution in [0.25, 0.3) is 0 Å². The molecular formula is C15H27N3OS. The minimum Gasteiger partial charge on any atom is -0.394 e. The zero-order valence-electron chi connectivity index (χ0n) is 13.2. The number of nitrogens with one attached hydrogen (secondary N) is 1. The number of hydrogen-bond acceptors (Lipinski definition) is 5. The molecule has 0 radical (unpaired) electrons. The van der Waals surface area contributed by atoms with Crippen LogP contribution >= 0.6 is 11.8 Å². The number of hydrogen-bond donors (Lipinski definition) is 2. The highest BCUT2D eigenvalue weighted by atomic mass is 32.2. The van der Waals surface area contributed by atoms with Gasteiger partial charge in [-0.05, 0) is 39.7 Å². The Balaban J connectivity index is 2.40. The maximum Gasteiger partial charge on any atom is 0.187 e. The molecule has 0 bridgehead atoms. The van der Waals surface area contributed by atoms with Gasteiger partial charge in [0.1, 0.15) is 0 Å². The van der Waals surface area contributed by atoms with Crippen LogP contribution < -0.4 is 5.32 Å². The molecule has 0 spiro atoms. The first-order valence-electron chi connectivity index (χ1n) is 7.18. The van der Waals surface area contributed by atoms with Gasteiger partial charge in [-0.3, -0.25) is 0 Å². The molecule has 0 saturated heterocycles. The standard InChI is InChI=1S/C15H27N3OS/c1-11(2)18-15(5,10-19)7-6-8-20-14-16-12(3)9-13(4)17-14/h9,11,18-19H,6-8,10H2,1-5H3. The number of thioether (sulfide) groups is 1. The summed E-state index contributed by atoms with van der Waals surface area (Å²) in [4.78, 5) is 8.85. The molecule has 1 atom stereocenters. The molecule has 0 amide bonds. The minimum atomic E-state index is -0.196. The molecule has 2 N–H and O–H groups in total. The number of aliphatic hydroxyl groups is 1. The average molecular weight is 297 g/mol. The van der Waals surface area contributed by atoms with Gasteiger partial charge in [-0.1, -0.05) is 25.6 Å². The van der Waals surface area contributed by atoms with Gasteiger partial charge < -0.3 is 10.4 Å². The van der Waals surface area contributed by atoms with E-state index in [0.29, 0.717) is 6.04 Å². The minimum absolute atomic E-state index is 0.163. The summed E-state index contributed by atoms with van der Waals surface area (Å²) in [5, 5.41) is 13.8. The Labute approximate surface area is 126 Å². The first kappa shape index (κ1) is 17.4. The Bertz CT molecular complexity index is 405. The third-order valence-corrected chi connectivity index (χ3v) is 3.99. The highest BCUT2D eigenvalue weighted by molar-refractivity contribution is 7.99. The summed E-state index contributed by atoms with van der Waals surface area (Å²) in [6.45, 7) is 10.4. The van der Waals surface area contributed by atoms with Crippen molar-refractivity contribution in [3.05, 3.63) is 17.5 Å². The monoisotopic (exact) mass is 297 g/mol. The van der Waals surface area contributed by atoms with Crippen molar-refractivity contribution >= 4 is 11.8 Å². The van der Waals surface area contributed by atoms with Gasteiger partial charge in [0, 0.05) is 28.7 Å². The van der Waals surface area contributed by atoms with Crippen LogP contribution in [-0.4, -0.2) is 39.0 Å². The Hall–Kier alpha value is -0.650. The molecule has 0 aliphatic heterocycles. The van der Waals surface area contributed by atoms with Crippen LogP contribution in [0.1, 0.15) is 45.0 Å². The van der Waals surface area contributed by atoms with Crippen molar-refractivity contribution in [3.63, 3.8) is 0 Å². The first-order valence-corrected chi connectivity index (χ1v) is 8.17. The number of rotatable bonds is 8. The number of aliphatic hydroxyl groups excluding tert-OH is 1. The van der Waals surface area contributed by atoms with E-state index >= 15 is 0 Å². The zero-order valence-corrected chi connectivity index (χ0v) is 14.0. The Kier molecular flexibility index (Phi) is 6.92. The highest BCUT2D eigenvalue weighted by Crippen LogP contribution is 2.19. The summed E-state index contributed by atoms with van der Waals surface area (Å²) in [6.07, 6.45) is 1.97. The fourth-order valence-electron chi connectivity index (χ4n) is 2.28. The van der Waals surface area contributed by atoms with Crippen molar-refractivity contribution in [3.8, 4) is 0 Å². The SMILES string of the molecule is Cc1cc(C)nc(SCCCC(C)(CO)NC(C)C)n1. The molecular weight excluding hydrogens is 270 g/mol. The smallest absolute Gasteiger partial charge is 0.187 e. The van der Waals surface area contributed by atoms with Gasteiger partial charge in [0.25, 0.3) is 0 Å². The lowest BCUT2D eigenvalue weighted by Crippen LogP contribution is -2.49. The summed E-state index contributed by atoms with van der Waals surface area (Å²) in [5.41, 5.74) is 1.83. The molecule has 0 aliphatic rings. The molecule has 114 valence electrons. The third-order valence-electron chi connectivity index (χ3n) is 3.05. The summed E-state index contributed by atoms with van der Waals surface area (Å²) >= 11 is 1.69. The molecule has 0 saturated carbocycles. The molecule has 1 rings (SSSR count). The van der Waals surface area contributed by atoms with Gasteiger partial charge in [0.2, 0.25) is 0 Å². The van der Waals surface area contributed by atoms with Crippen LogP contribution in [0.2, 0.25) is 0 Å². The fraction of sp³-hybridized carbons (Fsp3) is 0.733. The fourth-order valence-corrected chi connectivity index (χ4v) is 3.17. The van der Waals surface area contributed by atoms with Gasteiger partial charge in [0.15, 0.2) is 5.16 Å². The largest absolute Gasteiger partial charge is 0.394 e. The van der Waals surface area contributed by atoms with E-state index in [1.54, 1.807) is 11.8 Å². The summed E-state index contributed by atoms with van der Waals surface area (Å²) in [7, 11) is 0. The van der Waals surface area contributed by atoms with Gasteiger partial charge in [-0.25, -0.2) is 9.97 Å². The molecule has 1 unspecified atom stereocenters. The van der Waals surface area contributed by atoms with Crippen LogP contribution in [-0.2, 0) is 0 Å². The molecule has 1 aromatic rings. The predicted molar refractivity (Wildman–Crippen MR) is 85.2 cm³/mol. The molecule has 0 fully saturated rings. The third kappa shape index (κ3) is 6.20. The van der Waals surface area contributed by atoms with E-state index in [-0.39, 0.29) is 12.1 Å². The van der Waals surface area contributed by atoms with Gasteiger partial charge >= 0.3 is 0 Å². The Morgan fingerprint density at radius 2 is 1.90 bits per heavy atom. The average Bonchev–Trinajstić information content (AvgIpc) is 2.33.